The molecule has 1 aromatic carbocycles. The summed E-state index contributed by atoms with van der Waals surface area (Å²) >= 11 is 1.24. The van der Waals surface area contributed by atoms with Crippen molar-refractivity contribution >= 4 is 11.5 Å². The number of aromatic nitrogens is 2. The lowest BCUT2D eigenvalue weighted by Crippen LogP contribution is -1.98. The summed E-state index contributed by atoms with van der Waals surface area (Å²) in [5.41, 5.74) is 6.59. The van der Waals surface area contributed by atoms with Gasteiger partial charge in [-0.05, 0) is 17.7 Å². The molecule has 0 aliphatic rings. The Morgan fingerprint density at radius 3 is 2.58 bits per heavy atom. The molecule has 0 bridgehead atoms. The van der Waals surface area contributed by atoms with Crippen molar-refractivity contribution < 1.29 is 9.47 Å². The topological polar surface area (TPSA) is 70.3 Å². The Balaban J connectivity index is 2.21. The molecule has 0 aliphatic carbocycles. The van der Waals surface area contributed by atoms with Crippen LogP contribution >= 0.6 is 11.5 Å². The van der Waals surface area contributed by atoms with Gasteiger partial charge in [-0.2, -0.15) is 9.36 Å². The maximum atomic E-state index is 5.70. The third kappa shape index (κ3) is 3.42. The number of benzene rings is 1. The highest BCUT2D eigenvalue weighted by atomic mass is 32.1. The Morgan fingerprint density at radius 2 is 2.00 bits per heavy atom. The summed E-state index contributed by atoms with van der Waals surface area (Å²) in [5.74, 6) is 2.46. The number of rotatable bonds is 5. The number of methoxy groups -OCH3 is 1. The number of hydrogen-bond acceptors (Lipinski definition) is 6. The summed E-state index contributed by atoms with van der Waals surface area (Å²) in [6.07, 6.45) is 0. The molecule has 0 atom stereocenters. The fourth-order valence-corrected chi connectivity index (χ4v) is 2.21. The second kappa shape index (κ2) is 5.99. The molecule has 0 saturated carbocycles. The molecule has 0 aliphatic heterocycles. The van der Waals surface area contributed by atoms with Crippen LogP contribution in [0.5, 0.6) is 16.7 Å². The molecular weight excluding hydrogens is 262 g/mol. The minimum atomic E-state index is 0.290. The van der Waals surface area contributed by atoms with Crippen molar-refractivity contribution in [2.45, 2.75) is 26.3 Å². The van der Waals surface area contributed by atoms with Gasteiger partial charge in [0.2, 0.25) is 0 Å². The lowest BCUT2D eigenvalue weighted by Gasteiger charge is -2.07. The van der Waals surface area contributed by atoms with Gasteiger partial charge < -0.3 is 15.2 Å². The fourth-order valence-electron chi connectivity index (χ4n) is 1.52. The van der Waals surface area contributed by atoms with Crippen molar-refractivity contribution in [2.75, 3.05) is 7.11 Å². The number of nitrogens with zero attached hydrogens (tertiary/aromatic N) is 2. The van der Waals surface area contributed by atoms with Crippen molar-refractivity contribution in [2.24, 2.45) is 5.73 Å². The van der Waals surface area contributed by atoms with E-state index in [1.165, 1.54) is 11.5 Å². The van der Waals surface area contributed by atoms with Crippen LogP contribution in [0.25, 0.3) is 0 Å². The first-order valence-corrected chi connectivity index (χ1v) is 6.79. The van der Waals surface area contributed by atoms with Crippen LogP contribution in [-0.2, 0) is 6.54 Å². The van der Waals surface area contributed by atoms with Gasteiger partial charge in [-0.15, -0.1) is 0 Å². The van der Waals surface area contributed by atoms with E-state index in [1.807, 2.05) is 26.0 Å². The second-order valence-electron chi connectivity index (χ2n) is 4.40. The maximum absolute atomic E-state index is 5.70. The van der Waals surface area contributed by atoms with Crippen molar-refractivity contribution in [3.05, 3.63) is 29.6 Å². The number of nitrogens with two attached hydrogens (primary N) is 1. The van der Waals surface area contributed by atoms with E-state index in [4.69, 9.17) is 15.2 Å². The van der Waals surface area contributed by atoms with E-state index in [9.17, 15) is 0 Å². The van der Waals surface area contributed by atoms with Crippen LogP contribution in [0.1, 0.15) is 31.2 Å². The average molecular weight is 279 g/mol. The minimum Gasteiger partial charge on any atom is -0.497 e. The van der Waals surface area contributed by atoms with E-state index < -0.39 is 0 Å². The molecule has 2 N–H and O–H groups in total. The van der Waals surface area contributed by atoms with E-state index in [0.717, 1.165) is 11.4 Å². The molecule has 0 saturated heterocycles. The van der Waals surface area contributed by atoms with Gasteiger partial charge in [-0.1, -0.05) is 13.8 Å². The molecule has 0 radical (unpaired) electrons. The molecule has 6 heteroatoms. The first kappa shape index (κ1) is 13.8. The summed E-state index contributed by atoms with van der Waals surface area (Å²) in [7, 11) is 1.61. The third-order valence-electron chi connectivity index (χ3n) is 2.56. The van der Waals surface area contributed by atoms with Gasteiger partial charge >= 0.3 is 0 Å². The van der Waals surface area contributed by atoms with E-state index in [-0.39, 0.29) is 0 Å². The summed E-state index contributed by atoms with van der Waals surface area (Å²) in [4.78, 5) is 4.33. The van der Waals surface area contributed by atoms with E-state index in [2.05, 4.69) is 9.36 Å². The van der Waals surface area contributed by atoms with E-state index >= 15 is 0 Å². The SMILES string of the molecule is COc1cc(CN)cc(Oc2nc(C(C)C)ns2)c1. The molecule has 5 nitrogen and oxygen atoms in total. The molecule has 2 aromatic rings. The molecule has 0 unspecified atom stereocenters. The van der Waals surface area contributed by atoms with Gasteiger partial charge in [0.05, 0.1) is 7.11 Å². The highest BCUT2D eigenvalue weighted by molar-refractivity contribution is 7.07. The lowest BCUT2D eigenvalue weighted by atomic mass is 10.2. The zero-order chi connectivity index (χ0) is 13.8. The molecule has 1 heterocycles. The smallest absolute Gasteiger partial charge is 0.298 e. The van der Waals surface area contributed by atoms with Crippen molar-refractivity contribution in [1.29, 1.82) is 0 Å². The molecular formula is C13H17N3O2S. The van der Waals surface area contributed by atoms with Crippen LogP contribution < -0.4 is 15.2 Å². The Bertz CT molecular complexity index is 532. The lowest BCUT2D eigenvalue weighted by molar-refractivity contribution is 0.408. The predicted molar refractivity (Wildman–Crippen MR) is 75.0 cm³/mol. The zero-order valence-corrected chi connectivity index (χ0v) is 12.0. The fraction of sp³-hybridized carbons (Fsp3) is 0.385. The highest BCUT2D eigenvalue weighted by Gasteiger charge is 2.10. The predicted octanol–water partition coefficient (Wildman–Crippen LogP) is 2.92. The monoisotopic (exact) mass is 279 g/mol. The Labute approximate surface area is 116 Å². The van der Waals surface area contributed by atoms with Gasteiger partial charge in [-0.25, -0.2) is 0 Å². The van der Waals surface area contributed by atoms with E-state index in [1.54, 1.807) is 13.2 Å². The Kier molecular flexibility index (Phi) is 4.34. The van der Waals surface area contributed by atoms with Crippen LogP contribution in [0.4, 0.5) is 0 Å². The Hall–Kier alpha value is -1.66. The molecule has 102 valence electrons. The second-order valence-corrected chi connectivity index (χ2v) is 5.11. The molecule has 0 fully saturated rings. The number of ether oxygens (including phenoxy) is 2. The van der Waals surface area contributed by atoms with Crippen LogP contribution in [-0.4, -0.2) is 16.5 Å². The van der Waals surface area contributed by atoms with Gasteiger partial charge in [0.25, 0.3) is 5.19 Å². The summed E-state index contributed by atoms with van der Waals surface area (Å²) in [6.45, 7) is 4.52. The van der Waals surface area contributed by atoms with Crippen molar-refractivity contribution in [3.63, 3.8) is 0 Å². The van der Waals surface area contributed by atoms with Gasteiger partial charge in [0, 0.05) is 30.1 Å². The van der Waals surface area contributed by atoms with Crippen LogP contribution in [0.3, 0.4) is 0 Å². The van der Waals surface area contributed by atoms with Gasteiger partial charge in [-0.3, -0.25) is 0 Å². The first-order chi connectivity index (χ1) is 9.12. The molecule has 1 aromatic heterocycles. The van der Waals surface area contributed by atoms with Crippen LogP contribution in [0, 0.1) is 0 Å². The zero-order valence-electron chi connectivity index (χ0n) is 11.2. The molecule has 0 spiro atoms. The molecule has 19 heavy (non-hydrogen) atoms. The van der Waals surface area contributed by atoms with E-state index in [0.29, 0.717) is 29.2 Å². The Morgan fingerprint density at radius 1 is 1.26 bits per heavy atom. The minimum absolute atomic E-state index is 0.290. The quantitative estimate of drug-likeness (QED) is 0.911. The van der Waals surface area contributed by atoms with Crippen LogP contribution in [0.2, 0.25) is 0 Å². The summed E-state index contributed by atoms with van der Waals surface area (Å²) in [6, 6.07) is 5.56. The highest BCUT2D eigenvalue weighted by Crippen LogP contribution is 2.29. The molecule has 2 rings (SSSR count). The first-order valence-electron chi connectivity index (χ1n) is 6.02. The van der Waals surface area contributed by atoms with Gasteiger partial charge in [0.15, 0.2) is 0 Å². The third-order valence-corrected chi connectivity index (χ3v) is 3.17. The standard InChI is InChI=1S/C13H17N3O2S/c1-8(2)12-15-13(19-16-12)18-11-5-9(7-14)4-10(6-11)17-3/h4-6,8H,7,14H2,1-3H3. The summed E-state index contributed by atoms with van der Waals surface area (Å²) in [5, 5.41) is 0.528. The normalized spacial score (nSPS) is 10.8. The average Bonchev–Trinajstić information content (AvgIpc) is 2.87. The summed E-state index contributed by atoms with van der Waals surface area (Å²) < 4.78 is 15.2. The molecule has 0 amide bonds. The largest absolute Gasteiger partial charge is 0.497 e. The van der Waals surface area contributed by atoms with Crippen molar-refractivity contribution in [1.82, 2.24) is 9.36 Å². The van der Waals surface area contributed by atoms with Crippen molar-refractivity contribution in [3.8, 4) is 16.7 Å². The van der Waals surface area contributed by atoms with Crippen LogP contribution in [0.15, 0.2) is 18.2 Å². The van der Waals surface area contributed by atoms with Gasteiger partial charge in [0.1, 0.15) is 17.3 Å². The number of hydrogen-bond donors (Lipinski definition) is 1. The maximum Gasteiger partial charge on any atom is 0.298 e.